The molecule has 1 amide bonds. The first kappa shape index (κ1) is 14.7. The maximum Gasteiger partial charge on any atom is 0.255 e. The molecule has 114 valence electrons. The van der Waals surface area contributed by atoms with Crippen LogP contribution in [0.3, 0.4) is 0 Å². The monoisotopic (exact) mass is 305 g/mol. The zero-order chi connectivity index (χ0) is 16.1. The Labute approximate surface area is 132 Å². The molecule has 3 aromatic rings. The highest BCUT2D eigenvalue weighted by Gasteiger charge is 2.01. The third kappa shape index (κ3) is 3.71. The lowest BCUT2D eigenvalue weighted by molar-refractivity contribution is -0.116. The number of nitrogens with one attached hydrogen (secondary N) is 2. The molecular weight excluding hydrogens is 290 g/mol. The number of hydrogen-bond donors (Lipinski definition) is 2. The first-order chi connectivity index (χ1) is 11.2. The number of fused-ring (bicyclic) bond motifs is 1. The van der Waals surface area contributed by atoms with E-state index in [0.29, 0.717) is 12.1 Å². The Hall–Kier alpha value is -3.21. The zero-order valence-electron chi connectivity index (χ0n) is 12.3. The van der Waals surface area contributed by atoms with Crippen LogP contribution in [0.2, 0.25) is 0 Å². The molecule has 0 saturated carbocycles. The largest absolute Gasteiger partial charge is 0.348 e. The molecule has 0 spiro atoms. The summed E-state index contributed by atoms with van der Waals surface area (Å²) in [5.74, 6) is -0.263. The first-order valence-corrected chi connectivity index (χ1v) is 7.19. The van der Waals surface area contributed by atoms with Gasteiger partial charge in [-0.05, 0) is 35.2 Å². The number of carbonyl (C=O) groups is 1. The Kier molecular flexibility index (Phi) is 4.29. The molecule has 0 saturated heterocycles. The van der Waals surface area contributed by atoms with Crippen molar-refractivity contribution < 1.29 is 4.79 Å². The van der Waals surface area contributed by atoms with Crippen LogP contribution in [0, 0.1) is 0 Å². The molecule has 0 aliphatic carbocycles. The second-order valence-electron chi connectivity index (χ2n) is 5.05. The molecule has 3 rings (SSSR count). The Bertz CT molecular complexity index is 914. The summed E-state index contributed by atoms with van der Waals surface area (Å²) in [7, 11) is 0. The summed E-state index contributed by atoms with van der Waals surface area (Å²) < 4.78 is 0. The van der Waals surface area contributed by atoms with Crippen LogP contribution in [0.1, 0.15) is 11.1 Å². The van der Waals surface area contributed by atoms with Crippen LogP contribution in [0.15, 0.2) is 65.7 Å². The SMILES string of the molecule is O=C(/C=C/c1cc2ccccc2[nH]c1=O)NCc1cccnc1. The fourth-order valence-electron chi connectivity index (χ4n) is 2.20. The van der Waals surface area contributed by atoms with Gasteiger partial charge in [-0.15, -0.1) is 0 Å². The lowest BCUT2D eigenvalue weighted by Crippen LogP contribution is -2.20. The van der Waals surface area contributed by atoms with Crippen LogP contribution < -0.4 is 10.9 Å². The van der Waals surface area contributed by atoms with Crippen molar-refractivity contribution in [3.8, 4) is 0 Å². The molecule has 0 atom stereocenters. The number of aromatic amines is 1. The van der Waals surface area contributed by atoms with E-state index >= 15 is 0 Å². The van der Waals surface area contributed by atoms with E-state index in [4.69, 9.17) is 0 Å². The van der Waals surface area contributed by atoms with E-state index in [9.17, 15) is 9.59 Å². The summed E-state index contributed by atoms with van der Waals surface area (Å²) in [6.45, 7) is 0.394. The van der Waals surface area contributed by atoms with Crippen LogP contribution >= 0.6 is 0 Å². The predicted octanol–water partition coefficient (Wildman–Crippen LogP) is 2.25. The van der Waals surface area contributed by atoms with Gasteiger partial charge in [-0.2, -0.15) is 0 Å². The van der Waals surface area contributed by atoms with Crippen molar-refractivity contribution in [3.05, 3.63) is 82.4 Å². The molecule has 2 heterocycles. The highest BCUT2D eigenvalue weighted by Crippen LogP contribution is 2.10. The van der Waals surface area contributed by atoms with E-state index in [2.05, 4.69) is 15.3 Å². The van der Waals surface area contributed by atoms with Gasteiger partial charge in [0.25, 0.3) is 5.56 Å². The fraction of sp³-hybridized carbons (Fsp3) is 0.0556. The third-order valence-corrected chi connectivity index (χ3v) is 3.39. The molecule has 0 aliphatic rings. The smallest absolute Gasteiger partial charge is 0.255 e. The second-order valence-corrected chi connectivity index (χ2v) is 5.05. The number of H-pyrrole nitrogens is 1. The number of para-hydroxylation sites is 1. The van der Waals surface area contributed by atoms with Gasteiger partial charge in [0.05, 0.1) is 0 Å². The topological polar surface area (TPSA) is 74.8 Å². The fourth-order valence-corrected chi connectivity index (χ4v) is 2.20. The number of benzene rings is 1. The molecule has 0 fully saturated rings. The van der Waals surface area contributed by atoms with Gasteiger partial charge in [-0.25, -0.2) is 0 Å². The maximum absolute atomic E-state index is 12.0. The number of aromatic nitrogens is 2. The minimum absolute atomic E-state index is 0.222. The molecule has 2 aromatic heterocycles. The molecule has 5 nitrogen and oxygen atoms in total. The predicted molar refractivity (Wildman–Crippen MR) is 89.7 cm³/mol. The number of nitrogens with zero attached hydrogens (tertiary/aromatic N) is 1. The van der Waals surface area contributed by atoms with E-state index in [1.54, 1.807) is 18.5 Å². The van der Waals surface area contributed by atoms with Gasteiger partial charge in [0.15, 0.2) is 0 Å². The molecule has 5 heteroatoms. The standard InChI is InChI=1S/C18H15N3O2/c22-17(20-12-13-4-3-9-19-11-13)8-7-15-10-14-5-1-2-6-16(14)21-18(15)23/h1-11H,12H2,(H,20,22)(H,21,23)/b8-7+. The number of rotatable bonds is 4. The van der Waals surface area contributed by atoms with Gasteiger partial charge in [0, 0.05) is 36.1 Å². The van der Waals surface area contributed by atoms with Gasteiger partial charge in [0.2, 0.25) is 5.91 Å². The second kappa shape index (κ2) is 6.70. The average molecular weight is 305 g/mol. The molecule has 0 aliphatic heterocycles. The molecular formula is C18H15N3O2. The summed E-state index contributed by atoms with van der Waals surface area (Å²) >= 11 is 0. The molecule has 0 unspecified atom stereocenters. The van der Waals surface area contributed by atoms with E-state index < -0.39 is 0 Å². The Morgan fingerprint density at radius 3 is 2.91 bits per heavy atom. The normalized spacial score (nSPS) is 11.0. The number of carbonyl (C=O) groups excluding carboxylic acids is 1. The maximum atomic E-state index is 12.0. The van der Waals surface area contributed by atoms with Gasteiger partial charge in [-0.3, -0.25) is 14.6 Å². The van der Waals surface area contributed by atoms with Crippen LogP contribution in [0.25, 0.3) is 17.0 Å². The van der Waals surface area contributed by atoms with Crippen molar-refractivity contribution in [2.24, 2.45) is 0 Å². The van der Waals surface area contributed by atoms with Crippen molar-refractivity contribution in [1.82, 2.24) is 15.3 Å². The Morgan fingerprint density at radius 1 is 1.22 bits per heavy atom. The average Bonchev–Trinajstić information content (AvgIpc) is 2.59. The van der Waals surface area contributed by atoms with Crippen LogP contribution in [0.5, 0.6) is 0 Å². The van der Waals surface area contributed by atoms with E-state index in [1.807, 2.05) is 36.4 Å². The highest BCUT2D eigenvalue weighted by atomic mass is 16.1. The first-order valence-electron chi connectivity index (χ1n) is 7.19. The minimum atomic E-state index is -0.263. The summed E-state index contributed by atoms with van der Waals surface area (Å²) in [5, 5.41) is 3.67. The van der Waals surface area contributed by atoms with Crippen molar-refractivity contribution >= 4 is 22.9 Å². The minimum Gasteiger partial charge on any atom is -0.348 e. The van der Waals surface area contributed by atoms with Crippen LogP contribution in [-0.4, -0.2) is 15.9 Å². The summed E-state index contributed by atoms with van der Waals surface area (Å²) in [5.41, 5.74) is 1.91. The van der Waals surface area contributed by atoms with Crippen LogP contribution in [-0.2, 0) is 11.3 Å². The number of pyridine rings is 2. The molecule has 0 bridgehead atoms. The molecule has 23 heavy (non-hydrogen) atoms. The van der Waals surface area contributed by atoms with Gasteiger partial charge < -0.3 is 10.3 Å². The summed E-state index contributed by atoms with van der Waals surface area (Å²) in [6.07, 6.45) is 6.24. The van der Waals surface area contributed by atoms with E-state index in [0.717, 1.165) is 16.5 Å². The Balaban J connectivity index is 1.71. The van der Waals surface area contributed by atoms with Crippen molar-refractivity contribution in [1.29, 1.82) is 0 Å². The summed E-state index contributed by atoms with van der Waals surface area (Å²) in [6, 6.07) is 13.0. The molecule has 2 N–H and O–H groups in total. The molecule has 0 radical (unpaired) electrons. The van der Waals surface area contributed by atoms with Crippen molar-refractivity contribution in [3.63, 3.8) is 0 Å². The number of hydrogen-bond acceptors (Lipinski definition) is 3. The van der Waals surface area contributed by atoms with Crippen molar-refractivity contribution in [2.45, 2.75) is 6.54 Å². The van der Waals surface area contributed by atoms with E-state index in [1.165, 1.54) is 12.2 Å². The van der Waals surface area contributed by atoms with Gasteiger partial charge in [-0.1, -0.05) is 24.3 Å². The van der Waals surface area contributed by atoms with Crippen LogP contribution in [0.4, 0.5) is 0 Å². The van der Waals surface area contributed by atoms with Gasteiger partial charge in [0.1, 0.15) is 0 Å². The number of amides is 1. The summed E-state index contributed by atoms with van der Waals surface area (Å²) in [4.78, 5) is 30.6. The zero-order valence-corrected chi connectivity index (χ0v) is 12.3. The van der Waals surface area contributed by atoms with E-state index in [-0.39, 0.29) is 11.5 Å². The lowest BCUT2D eigenvalue weighted by atomic mass is 10.1. The quantitative estimate of drug-likeness (QED) is 0.726. The van der Waals surface area contributed by atoms with Gasteiger partial charge >= 0.3 is 0 Å². The lowest BCUT2D eigenvalue weighted by Gasteiger charge is -2.02. The molecule has 1 aromatic carbocycles. The Morgan fingerprint density at radius 2 is 2.09 bits per heavy atom. The highest BCUT2D eigenvalue weighted by molar-refractivity contribution is 5.92. The third-order valence-electron chi connectivity index (χ3n) is 3.39. The van der Waals surface area contributed by atoms with Crippen molar-refractivity contribution in [2.75, 3.05) is 0 Å².